The van der Waals surface area contributed by atoms with Crippen molar-refractivity contribution in [3.05, 3.63) is 34.9 Å². The molecule has 0 saturated carbocycles. The van der Waals surface area contributed by atoms with E-state index in [0.717, 1.165) is 44.3 Å². The van der Waals surface area contributed by atoms with Gasteiger partial charge in [-0.3, -0.25) is 9.69 Å². The molecule has 0 fully saturated rings. The molecule has 1 unspecified atom stereocenters. The predicted molar refractivity (Wildman–Crippen MR) is 83.2 cm³/mol. The second-order valence-corrected chi connectivity index (χ2v) is 5.47. The molecule has 1 aromatic carbocycles. The minimum Gasteiger partial charge on any atom is -0.480 e. The largest absolute Gasteiger partial charge is 0.480 e. The minimum absolute atomic E-state index is 0.578. The van der Waals surface area contributed by atoms with Crippen molar-refractivity contribution in [2.24, 2.45) is 0 Å². The lowest BCUT2D eigenvalue weighted by Crippen LogP contribution is -2.35. The number of carboxylic acids is 1. The van der Waals surface area contributed by atoms with Gasteiger partial charge in [-0.1, -0.05) is 50.4 Å². The van der Waals surface area contributed by atoms with Gasteiger partial charge in [-0.2, -0.15) is 0 Å². The Morgan fingerprint density at radius 1 is 1.15 bits per heavy atom. The van der Waals surface area contributed by atoms with E-state index >= 15 is 0 Å². The highest BCUT2D eigenvalue weighted by Crippen LogP contribution is 2.24. The van der Waals surface area contributed by atoms with E-state index in [1.165, 1.54) is 0 Å². The first-order chi connectivity index (χ1) is 9.60. The van der Waals surface area contributed by atoms with E-state index in [1.807, 2.05) is 12.1 Å². The molecule has 0 aliphatic carbocycles. The van der Waals surface area contributed by atoms with Crippen molar-refractivity contribution in [1.82, 2.24) is 4.90 Å². The summed E-state index contributed by atoms with van der Waals surface area (Å²) in [5.41, 5.74) is 0.800. The maximum absolute atomic E-state index is 11.7. The Kier molecular flexibility index (Phi) is 7.63. The SMILES string of the molecule is CCCCN(CCCC)C(C(=O)O)c1ccc(Cl)cc1. The van der Waals surface area contributed by atoms with E-state index in [-0.39, 0.29) is 0 Å². The van der Waals surface area contributed by atoms with Crippen LogP contribution in [-0.2, 0) is 4.79 Å². The highest BCUT2D eigenvalue weighted by atomic mass is 35.5. The summed E-state index contributed by atoms with van der Waals surface area (Å²) in [7, 11) is 0. The Bertz CT molecular complexity index is 397. The molecule has 0 saturated heterocycles. The van der Waals surface area contributed by atoms with Crippen LogP contribution in [0.5, 0.6) is 0 Å². The van der Waals surface area contributed by atoms with Gasteiger partial charge in [0.05, 0.1) is 0 Å². The molecule has 0 spiro atoms. The average Bonchev–Trinajstić information content (AvgIpc) is 2.43. The number of hydrogen-bond donors (Lipinski definition) is 1. The molecule has 1 atom stereocenters. The zero-order valence-corrected chi connectivity index (χ0v) is 13.1. The molecule has 0 bridgehead atoms. The van der Waals surface area contributed by atoms with Gasteiger partial charge in [0.15, 0.2) is 0 Å². The van der Waals surface area contributed by atoms with Crippen LogP contribution in [-0.4, -0.2) is 29.1 Å². The molecule has 0 aliphatic heterocycles. The molecule has 0 heterocycles. The molecule has 3 nitrogen and oxygen atoms in total. The molecule has 1 rings (SSSR count). The number of nitrogens with zero attached hydrogens (tertiary/aromatic N) is 1. The van der Waals surface area contributed by atoms with E-state index in [9.17, 15) is 9.90 Å². The summed E-state index contributed by atoms with van der Waals surface area (Å²) in [5.74, 6) is -0.792. The monoisotopic (exact) mass is 297 g/mol. The molecule has 0 radical (unpaired) electrons. The van der Waals surface area contributed by atoms with Gasteiger partial charge >= 0.3 is 5.97 Å². The Labute approximate surface area is 126 Å². The third kappa shape index (κ3) is 5.14. The van der Waals surface area contributed by atoms with Crippen LogP contribution in [0.4, 0.5) is 0 Å². The molecule has 112 valence electrons. The van der Waals surface area contributed by atoms with Crippen LogP contribution in [0.15, 0.2) is 24.3 Å². The third-order valence-corrected chi connectivity index (χ3v) is 3.63. The summed E-state index contributed by atoms with van der Waals surface area (Å²) in [6.07, 6.45) is 4.16. The second kappa shape index (κ2) is 8.98. The highest BCUT2D eigenvalue weighted by Gasteiger charge is 2.26. The molecule has 1 aromatic rings. The predicted octanol–water partition coefficient (Wildman–Crippen LogP) is 4.37. The van der Waals surface area contributed by atoms with Gasteiger partial charge in [0.25, 0.3) is 0 Å². The Morgan fingerprint density at radius 2 is 1.65 bits per heavy atom. The Morgan fingerprint density at radius 3 is 2.05 bits per heavy atom. The number of benzene rings is 1. The normalized spacial score (nSPS) is 12.6. The molecule has 1 N–H and O–H groups in total. The van der Waals surface area contributed by atoms with Crippen molar-refractivity contribution < 1.29 is 9.90 Å². The summed E-state index contributed by atoms with van der Waals surface area (Å²) >= 11 is 5.88. The number of carboxylic acid groups (broad SMARTS) is 1. The van der Waals surface area contributed by atoms with Gasteiger partial charge in [0, 0.05) is 5.02 Å². The zero-order valence-electron chi connectivity index (χ0n) is 12.3. The topological polar surface area (TPSA) is 40.5 Å². The quantitative estimate of drug-likeness (QED) is 0.736. The van der Waals surface area contributed by atoms with Crippen molar-refractivity contribution in [2.45, 2.75) is 45.6 Å². The lowest BCUT2D eigenvalue weighted by atomic mass is 10.0. The van der Waals surface area contributed by atoms with Crippen molar-refractivity contribution in [3.63, 3.8) is 0 Å². The fraction of sp³-hybridized carbons (Fsp3) is 0.562. The number of aliphatic carboxylic acids is 1. The summed E-state index contributed by atoms with van der Waals surface area (Å²) < 4.78 is 0. The highest BCUT2D eigenvalue weighted by molar-refractivity contribution is 6.30. The van der Waals surface area contributed by atoms with Gasteiger partial charge in [0.2, 0.25) is 0 Å². The summed E-state index contributed by atoms with van der Waals surface area (Å²) in [6, 6.07) is 6.55. The molecule has 0 aromatic heterocycles. The fourth-order valence-electron chi connectivity index (χ4n) is 2.25. The van der Waals surface area contributed by atoms with Crippen molar-refractivity contribution in [3.8, 4) is 0 Å². The van der Waals surface area contributed by atoms with Gasteiger partial charge in [-0.15, -0.1) is 0 Å². The first-order valence-corrected chi connectivity index (χ1v) is 7.70. The third-order valence-electron chi connectivity index (χ3n) is 3.38. The molecular weight excluding hydrogens is 274 g/mol. The van der Waals surface area contributed by atoms with Crippen LogP contribution in [0.25, 0.3) is 0 Å². The number of rotatable bonds is 9. The van der Waals surface area contributed by atoms with E-state index < -0.39 is 12.0 Å². The van der Waals surface area contributed by atoms with Crippen molar-refractivity contribution in [2.75, 3.05) is 13.1 Å². The van der Waals surface area contributed by atoms with Crippen LogP contribution in [0.1, 0.15) is 51.1 Å². The fourth-order valence-corrected chi connectivity index (χ4v) is 2.37. The molecule has 0 aliphatic rings. The van der Waals surface area contributed by atoms with Crippen molar-refractivity contribution >= 4 is 17.6 Å². The van der Waals surface area contributed by atoms with E-state index in [1.54, 1.807) is 12.1 Å². The van der Waals surface area contributed by atoms with Crippen LogP contribution in [0, 0.1) is 0 Å². The maximum atomic E-state index is 11.7. The maximum Gasteiger partial charge on any atom is 0.325 e. The summed E-state index contributed by atoms with van der Waals surface area (Å²) in [4.78, 5) is 13.7. The lowest BCUT2D eigenvalue weighted by Gasteiger charge is -2.29. The van der Waals surface area contributed by atoms with Crippen LogP contribution < -0.4 is 0 Å². The minimum atomic E-state index is -0.792. The summed E-state index contributed by atoms with van der Waals surface area (Å²) in [5, 5.41) is 10.2. The molecule has 20 heavy (non-hydrogen) atoms. The van der Waals surface area contributed by atoms with Gasteiger partial charge in [0.1, 0.15) is 6.04 Å². The zero-order chi connectivity index (χ0) is 15.0. The molecule has 4 heteroatoms. The van der Waals surface area contributed by atoms with Gasteiger partial charge in [-0.05, 0) is 43.6 Å². The standard InChI is InChI=1S/C16H24ClNO2/c1-3-5-11-18(12-6-4-2)15(16(19)20)13-7-9-14(17)10-8-13/h7-10,15H,3-6,11-12H2,1-2H3,(H,19,20). The van der Waals surface area contributed by atoms with E-state index in [0.29, 0.717) is 5.02 Å². The van der Waals surface area contributed by atoms with Crippen LogP contribution >= 0.6 is 11.6 Å². The van der Waals surface area contributed by atoms with Gasteiger partial charge < -0.3 is 5.11 Å². The number of hydrogen-bond acceptors (Lipinski definition) is 2. The molecule has 0 amide bonds. The first kappa shape index (κ1) is 17.0. The Hall–Kier alpha value is -1.06. The first-order valence-electron chi connectivity index (χ1n) is 7.32. The van der Waals surface area contributed by atoms with E-state index in [4.69, 9.17) is 11.6 Å². The Balaban J connectivity index is 2.93. The van der Waals surface area contributed by atoms with Crippen molar-refractivity contribution in [1.29, 1.82) is 0 Å². The second-order valence-electron chi connectivity index (χ2n) is 5.04. The smallest absolute Gasteiger partial charge is 0.325 e. The number of halogens is 1. The van der Waals surface area contributed by atoms with E-state index in [2.05, 4.69) is 18.7 Å². The average molecular weight is 298 g/mol. The van der Waals surface area contributed by atoms with Crippen LogP contribution in [0.3, 0.4) is 0 Å². The number of unbranched alkanes of at least 4 members (excludes halogenated alkanes) is 2. The van der Waals surface area contributed by atoms with Gasteiger partial charge in [-0.25, -0.2) is 0 Å². The van der Waals surface area contributed by atoms with Crippen LogP contribution in [0.2, 0.25) is 5.02 Å². The lowest BCUT2D eigenvalue weighted by molar-refractivity contribution is -0.143. The summed E-state index contributed by atoms with van der Waals surface area (Å²) in [6.45, 7) is 5.87. The molecular formula is C16H24ClNO2. The number of carbonyl (C=O) groups is 1.